The predicted octanol–water partition coefficient (Wildman–Crippen LogP) is 4.71. The molecule has 0 saturated heterocycles. The Bertz CT molecular complexity index is 980. The fourth-order valence-electron chi connectivity index (χ4n) is 2.87. The number of H-pyrrole nitrogens is 1. The molecule has 1 atom stereocenters. The van der Waals surface area contributed by atoms with Crippen LogP contribution in [-0.4, -0.2) is 21.8 Å². The van der Waals surface area contributed by atoms with Crippen molar-refractivity contribution in [3.8, 4) is 0 Å². The molecule has 0 aliphatic heterocycles. The molecule has 4 nitrogen and oxygen atoms in total. The Kier molecular flexibility index (Phi) is 4.59. The number of carboxylic acid groups (broad SMARTS) is 1. The van der Waals surface area contributed by atoms with Crippen molar-refractivity contribution >= 4 is 34.3 Å². The Labute approximate surface area is 148 Å². The fourth-order valence-corrected chi connectivity index (χ4v) is 3.05. The number of fused-ring (bicyclic) bond motifs is 1. The van der Waals surface area contributed by atoms with Crippen molar-refractivity contribution in [2.24, 2.45) is 0 Å². The van der Waals surface area contributed by atoms with Gasteiger partial charge in [0.2, 0.25) is 0 Å². The number of Topliss-reactive ketones (excluding diaryl/α,β-unsaturated/α-hetero) is 1. The van der Waals surface area contributed by atoms with Gasteiger partial charge in [-0.05, 0) is 48.4 Å². The highest BCUT2D eigenvalue weighted by molar-refractivity contribution is 6.31. The number of hydrogen-bond acceptors (Lipinski definition) is 2. The quantitative estimate of drug-likeness (QED) is 0.648. The zero-order valence-corrected chi connectivity index (χ0v) is 14.1. The number of aromatic nitrogens is 1. The molecule has 1 aromatic heterocycles. The van der Waals surface area contributed by atoms with Crippen molar-refractivity contribution in [3.05, 3.63) is 70.1 Å². The topological polar surface area (TPSA) is 70.2 Å². The van der Waals surface area contributed by atoms with Crippen LogP contribution in [0, 0.1) is 12.7 Å². The summed E-state index contributed by atoms with van der Waals surface area (Å²) in [5.41, 5.74) is 1.76. The van der Waals surface area contributed by atoms with Crippen LogP contribution in [0.1, 0.15) is 33.8 Å². The lowest BCUT2D eigenvalue weighted by Gasteiger charge is -2.12. The number of carbonyl (C=O) groups excluding carboxylic acids is 1. The van der Waals surface area contributed by atoms with Crippen LogP contribution in [0.3, 0.4) is 0 Å². The van der Waals surface area contributed by atoms with E-state index in [0.717, 1.165) is 5.52 Å². The number of carboxylic acids is 1. The number of carbonyl (C=O) groups is 2. The van der Waals surface area contributed by atoms with Crippen molar-refractivity contribution in [2.45, 2.75) is 19.3 Å². The van der Waals surface area contributed by atoms with E-state index < -0.39 is 23.5 Å². The van der Waals surface area contributed by atoms with E-state index in [1.807, 2.05) is 0 Å². The molecular formula is C19H15ClFNO3. The average Bonchev–Trinajstić information content (AvgIpc) is 2.94. The number of ketones is 1. The first-order valence-corrected chi connectivity index (χ1v) is 8.03. The third kappa shape index (κ3) is 3.42. The molecule has 0 spiro atoms. The number of benzene rings is 2. The largest absolute Gasteiger partial charge is 0.481 e. The van der Waals surface area contributed by atoms with E-state index in [1.165, 1.54) is 12.1 Å². The second kappa shape index (κ2) is 6.69. The van der Waals surface area contributed by atoms with Gasteiger partial charge in [-0.15, -0.1) is 0 Å². The average molecular weight is 360 g/mol. The molecule has 0 aliphatic rings. The van der Waals surface area contributed by atoms with Gasteiger partial charge < -0.3 is 10.1 Å². The zero-order chi connectivity index (χ0) is 18.1. The Morgan fingerprint density at radius 2 is 2.00 bits per heavy atom. The molecule has 0 fully saturated rings. The summed E-state index contributed by atoms with van der Waals surface area (Å²) < 4.78 is 14.0. The van der Waals surface area contributed by atoms with Gasteiger partial charge in [0, 0.05) is 28.5 Å². The van der Waals surface area contributed by atoms with E-state index in [-0.39, 0.29) is 12.0 Å². The molecule has 6 heteroatoms. The molecule has 1 unspecified atom stereocenters. The van der Waals surface area contributed by atoms with E-state index >= 15 is 0 Å². The summed E-state index contributed by atoms with van der Waals surface area (Å²) in [7, 11) is 0. The number of hydrogen-bond donors (Lipinski definition) is 2. The van der Waals surface area contributed by atoms with Crippen LogP contribution in [-0.2, 0) is 4.79 Å². The van der Waals surface area contributed by atoms with Gasteiger partial charge in [0.05, 0.1) is 11.5 Å². The first-order chi connectivity index (χ1) is 11.9. The number of halogens is 2. The normalized spacial score (nSPS) is 12.3. The molecule has 3 rings (SSSR count). The van der Waals surface area contributed by atoms with Crippen LogP contribution in [0.2, 0.25) is 5.02 Å². The van der Waals surface area contributed by atoms with E-state index in [9.17, 15) is 19.1 Å². The molecule has 25 heavy (non-hydrogen) atoms. The molecule has 3 aromatic rings. The number of rotatable bonds is 5. The lowest BCUT2D eigenvalue weighted by molar-refractivity contribution is -0.138. The molecule has 2 aromatic carbocycles. The lowest BCUT2D eigenvalue weighted by Crippen LogP contribution is -2.17. The van der Waals surface area contributed by atoms with Crippen LogP contribution < -0.4 is 0 Å². The van der Waals surface area contributed by atoms with Gasteiger partial charge in [0.15, 0.2) is 5.78 Å². The summed E-state index contributed by atoms with van der Waals surface area (Å²) in [5, 5.41) is 10.7. The van der Waals surface area contributed by atoms with Gasteiger partial charge in [-0.3, -0.25) is 9.59 Å². The standard InChI is InChI=1S/C19H15ClFNO3/c1-10-2-4-12(16(21)6-10)18(23)8-14(19(24)25)15-9-22-17-5-3-11(20)7-13(15)17/h2-7,9,14,22H,8H2,1H3,(H,24,25). The van der Waals surface area contributed by atoms with Gasteiger partial charge in [-0.2, -0.15) is 0 Å². The molecular weight excluding hydrogens is 345 g/mol. The summed E-state index contributed by atoms with van der Waals surface area (Å²) in [6.07, 6.45) is 1.22. The molecule has 128 valence electrons. The predicted molar refractivity (Wildman–Crippen MR) is 93.8 cm³/mol. The maximum Gasteiger partial charge on any atom is 0.311 e. The highest BCUT2D eigenvalue weighted by Crippen LogP contribution is 2.31. The Morgan fingerprint density at radius 1 is 1.24 bits per heavy atom. The van der Waals surface area contributed by atoms with E-state index in [2.05, 4.69) is 4.98 Å². The molecule has 0 bridgehead atoms. The van der Waals surface area contributed by atoms with Crippen molar-refractivity contribution in [3.63, 3.8) is 0 Å². The first-order valence-electron chi connectivity index (χ1n) is 7.65. The monoisotopic (exact) mass is 359 g/mol. The Balaban J connectivity index is 1.97. The third-order valence-electron chi connectivity index (χ3n) is 4.16. The van der Waals surface area contributed by atoms with Crippen LogP contribution >= 0.6 is 11.6 Å². The Morgan fingerprint density at radius 3 is 2.68 bits per heavy atom. The molecule has 0 aliphatic carbocycles. The molecule has 0 radical (unpaired) electrons. The molecule has 1 heterocycles. The third-order valence-corrected chi connectivity index (χ3v) is 4.40. The molecule has 0 saturated carbocycles. The summed E-state index contributed by atoms with van der Waals surface area (Å²) in [6, 6.07) is 9.34. The van der Waals surface area contributed by atoms with Gasteiger partial charge in [-0.1, -0.05) is 17.7 Å². The number of aliphatic carboxylic acids is 1. The Hall–Kier alpha value is -2.66. The van der Waals surface area contributed by atoms with Crippen molar-refractivity contribution < 1.29 is 19.1 Å². The highest BCUT2D eigenvalue weighted by atomic mass is 35.5. The first kappa shape index (κ1) is 17.2. The number of nitrogens with one attached hydrogen (secondary N) is 1. The summed E-state index contributed by atoms with van der Waals surface area (Å²) in [6.45, 7) is 1.72. The van der Waals surface area contributed by atoms with Crippen LogP contribution in [0.15, 0.2) is 42.6 Å². The van der Waals surface area contributed by atoms with E-state index in [4.69, 9.17) is 11.6 Å². The van der Waals surface area contributed by atoms with Crippen molar-refractivity contribution in [1.82, 2.24) is 4.98 Å². The maximum atomic E-state index is 14.0. The minimum atomic E-state index is -1.15. The zero-order valence-electron chi connectivity index (χ0n) is 13.3. The highest BCUT2D eigenvalue weighted by Gasteiger charge is 2.27. The molecule has 0 amide bonds. The van der Waals surface area contributed by atoms with Crippen LogP contribution in [0.4, 0.5) is 4.39 Å². The van der Waals surface area contributed by atoms with E-state index in [1.54, 1.807) is 37.4 Å². The SMILES string of the molecule is Cc1ccc(C(=O)CC(C(=O)O)c2c[nH]c3ccc(Cl)cc23)c(F)c1. The van der Waals surface area contributed by atoms with Crippen LogP contribution in [0.5, 0.6) is 0 Å². The van der Waals surface area contributed by atoms with Crippen LogP contribution in [0.25, 0.3) is 10.9 Å². The minimum absolute atomic E-state index is 0.102. The maximum absolute atomic E-state index is 14.0. The van der Waals surface area contributed by atoms with Gasteiger partial charge >= 0.3 is 5.97 Å². The number of aryl methyl sites for hydroxylation is 1. The smallest absolute Gasteiger partial charge is 0.311 e. The van der Waals surface area contributed by atoms with Crippen molar-refractivity contribution in [1.29, 1.82) is 0 Å². The molecule has 2 N–H and O–H groups in total. The van der Waals surface area contributed by atoms with Gasteiger partial charge in [0.1, 0.15) is 5.82 Å². The fraction of sp³-hybridized carbons (Fsp3) is 0.158. The van der Waals surface area contributed by atoms with Gasteiger partial charge in [-0.25, -0.2) is 4.39 Å². The summed E-state index contributed by atoms with van der Waals surface area (Å²) in [4.78, 5) is 27.2. The van der Waals surface area contributed by atoms with E-state index in [0.29, 0.717) is 21.5 Å². The minimum Gasteiger partial charge on any atom is -0.481 e. The van der Waals surface area contributed by atoms with Gasteiger partial charge in [0.25, 0.3) is 0 Å². The van der Waals surface area contributed by atoms with Crippen molar-refractivity contribution in [2.75, 3.05) is 0 Å². The lowest BCUT2D eigenvalue weighted by atomic mass is 9.91. The summed E-state index contributed by atoms with van der Waals surface area (Å²) in [5.74, 6) is -3.44. The second-order valence-electron chi connectivity index (χ2n) is 5.94. The number of aromatic amines is 1. The second-order valence-corrected chi connectivity index (χ2v) is 6.37. The summed E-state index contributed by atoms with van der Waals surface area (Å²) >= 11 is 5.99.